The van der Waals surface area contributed by atoms with Gasteiger partial charge in [-0.2, -0.15) is 4.98 Å². The molecule has 2 aromatic heterocycles. The van der Waals surface area contributed by atoms with Gasteiger partial charge in [0.15, 0.2) is 6.61 Å². The van der Waals surface area contributed by atoms with E-state index in [0.717, 1.165) is 21.9 Å². The predicted octanol–water partition coefficient (Wildman–Crippen LogP) is 4.53. The van der Waals surface area contributed by atoms with E-state index in [1.54, 1.807) is 7.11 Å². The predicted molar refractivity (Wildman–Crippen MR) is 108 cm³/mol. The number of esters is 1. The lowest BCUT2D eigenvalue weighted by Gasteiger charge is -2.02. The highest BCUT2D eigenvalue weighted by atomic mass is 32.1. The fourth-order valence-corrected chi connectivity index (χ4v) is 3.56. The summed E-state index contributed by atoms with van der Waals surface area (Å²) in [5, 5.41) is 4.72. The number of nitrogens with zero attached hydrogens (tertiary/aromatic N) is 3. The van der Waals surface area contributed by atoms with Crippen molar-refractivity contribution in [2.24, 2.45) is 0 Å². The maximum absolute atomic E-state index is 12.6. The second-order valence-corrected chi connectivity index (χ2v) is 7.30. The lowest BCUT2D eigenvalue weighted by atomic mass is 10.1. The summed E-state index contributed by atoms with van der Waals surface area (Å²) >= 11 is 1.29. The molecule has 0 N–H and O–H groups in total. The van der Waals surface area contributed by atoms with E-state index in [4.69, 9.17) is 14.0 Å². The fourth-order valence-electron chi connectivity index (χ4n) is 2.72. The molecule has 7 nitrogen and oxygen atoms in total. The van der Waals surface area contributed by atoms with Crippen LogP contribution in [0.4, 0.5) is 0 Å². The molecule has 2 heterocycles. The van der Waals surface area contributed by atoms with Crippen molar-refractivity contribution in [2.75, 3.05) is 7.11 Å². The smallest absolute Gasteiger partial charge is 0.351 e. The number of hydrogen-bond acceptors (Lipinski definition) is 8. The standard InChI is InChI=1S/C21H17N3O4S/c1-13-22-18(14-6-4-3-5-7-14)19(29-13)21(25)27-12-17-23-20(24-28-17)15-8-10-16(26-2)11-9-15/h3-11H,12H2,1-2H3. The first-order valence-corrected chi connectivity index (χ1v) is 9.62. The molecule has 8 heteroatoms. The van der Waals surface area contributed by atoms with Crippen LogP contribution in [0.25, 0.3) is 22.6 Å². The number of thiazole rings is 1. The molecule has 0 spiro atoms. The fraction of sp³-hybridized carbons (Fsp3) is 0.143. The second-order valence-electron chi connectivity index (χ2n) is 6.09. The van der Waals surface area contributed by atoms with E-state index < -0.39 is 5.97 Å². The van der Waals surface area contributed by atoms with Gasteiger partial charge in [-0.3, -0.25) is 0 Å². The molecular formula is C21H17N3O4S. The first kappa shape index (κ1) is 18.8. The van der Waals surface area contributed by atoms with Crippen LogP contribution in [0.1, 0.15) is 20.6 Å². The van der Waals surface area contributed by atoms with Crippen LogP contribution in [0.5, 0.6) is 5.75 Å². The van der Waals surface area contributed by atoms with Crippen molar-refractivity contribution in [3.63, 3.8) is 0 Å². The molecule has 0 aliphatic rings. The molecule has 0 aliphatic heterocycles. The van der Waals surface area contributed by atoms with Gasteiger partial charge in [0, 0.05) is 11.1 Å². The summed E-state index contributed by atoms with van der Waals surface area (Å²) in [7, 11) is 1.60. The summed E-state index contributed by atoms with van der Waals surface area (Å²) in [5.41, 5.74) is 2.25. The van der Waals surface area contributed by atoms with E-state index in [-0.39, 0.29) is 12.5 Å². The van der Waals surface area contributed by atoms with Crippen LogP contribution in [0.3, 0.4) is 0 Å². The Labute approximate surface area is 170 Å². The van der Waals surface area contributed by atoms with E-state index >= 15 is 0 Å². The molecule has 0 saturated carbocycles. The highest BCUT2D eigenvalue weighted by molar-refractivity contribution is 7.14. The van der Waals surface area contributed by atoms with Gasteiger partial charge in [0.1, 0.15) is 10.6 Å². The van der Waals surface area contributed by atoms with Crippen molar-refractivity contribution < 1.29 is 18.8 Å². The van der Waals surface area contributed by atoms with E-state index in [2.05, 4.69) is 15.1 Å². The molecule has 0 atom stereocenters. The Kier molecular flexibility index (Phi) is 5.35. The Morgan fingerprint density at radius 3 is 2.52 bits per heavy atom. The van der Waals surface area contributed by atoms with E-state index in [1.807, 2.05) is 61.5 Å². The molecule has 0 unspecified atom stereocenters. The Morgan fingerprint density at radius 1 is 1.03 bits per heavy atom. The van der Waals surface area contributed by atoms with Gasteiger partial charge in [0.25, 0.3) is 5.89 Å². The first-order valence-electron chi connectivity index (χ1n) is 8.81. The number of rotatable bonds is 6. The molecule has 0 radical (unpaired) electrons. The van der Waals surface area contributed by atoms with Gasteiger partial charge >= 0.3 is 5.97 Å². The summed E-state index contributed by atoms with van der Waals surface area (Å²) in [6.07, 6.45) is 0. The summed E-state index contributed by atoms with van der Waals surface area (Å²) in [5.74, 6) is 0.892. The summed E-state index contributed by atoms with van der Waals surface area (Å²) in [6, 6.07) is 16.8. The normalized spacial score (nSPS) is 10.7. The van der Waals surface area contributed by atoms with E-state index in [0.29, 0.717) is 16.4 Å². The molecule has 0 bridgehead atoms. The maximum Gasteiger partial charge on any atom is 0.351 e. The molecule has 29 heavy (non-hydrogen) atoms. The second kappa shape index (κ2) is 8.24. The number of carbonyl (C=O) groups is 1. The third-order valence-corrected chi connectivity index (χ3v) is 5.06. The van der Waals surface area contributed by atoms with E-state index in [1.165, 1.54) is 11.3 Å². The summed E-state index contributed by atoms with van der Waals surface area (Å²) in [4.78, 5) is 21.8. The van der Waals surface area contributed by atoms with Crippen molar-refractivity contribution in [3.8, 4) is 28.4 Å². The van der Waals surface area contributed by atoms with Gasteiger partial charge in [-0.15, -0.1) is 11.3 Å². The van der Waals surface area contributed by atoms with Crippen LogP contribution in [0.15, 0.2) is 59.1 Å². The largest absolute Gasteiger partial charge is 0.497 e. The third kappa shape index (κ3) is 4.17. The number of methoxy groups -OCH3 is 1. The van der Waals surface area contributed by atoms with Crippen LogP contribution < -0.4 is 4.74 Å². The van der Waals surface area contributed by atoms with Crippen molar-refractivity contribution >= 4 is 17.3 Å². The first-order chi connectivity index (χ1) is 14.1. The van der Waals surface area contributed by atoms with Crippen LogP contribution >= 0.6 is 11.3 Å². The SMILES string of the molecule is COc1ccc(-c2noc(COC(=O)c3sc(C)nc3-c3ccccc3)n2)cc1. The lowest BCUT2D eigenvalue weighted by molar-refractivity contribution is 0.0436. The molecule has 0 amide bonds. The number of aromatic nitrogens is 3. The Balaban J connectivity index is 1.46. The zero-order chi connectivity index (χ0) is 20.2. The van der Waals surface area contributed by atoms with Crippen LogP contribution in [0, 0.1) is 6.92 Å². The van der Waals surface area contributed by atoms with E-state index in [9.17, 15) is 4.79 Å². The minimum atomic E-state index is -0.473. The quantitative estimate of drug-likeness (QED) is 0.434. The highest BCUT2D eigenvalue weighted by Crippen LogP contribution is 2.29. The molecule has 0 aliphatic carbocycles. The van der Waals surface area contributed by atoms with Crippen molar-refractivity contribution in [1.82, 2.24) is 15.1 Å². The van der Waals surface area contributed by atoms with Crippen molar-refractivity contribution in [3.05, 3.63) is 70.4 Å². The lowest BCUT2D eigenvalue weighted by Crippen LogP contribution is -2.05. The zero-order valence-electron chi connectivity index (χ0n) is 15.8. The van der Waals surface area contributed by atoms with Crippen LogP contribution in [-0.2, 0) is 11.3 Å². The van der Waals surface area contributed by atoms with Gasteiger partial charge in [-0.25, -0.2) is 9.78 Å². The molecule has 4 rings (SSSR count). The Bertz CT molecular complexity index is 1120. The minimum Gasteiger partial charge on any atom is -0.497 e. The molecule has 146 valence electrons. The number of benzene rings is 2. The average molecular weight is 407 g/mol. The molecule has 0 fully saturated rings. The van der Waals surface area contributed by atoms with Gasteiger partial charge in [0.2, 0.25) is 5.82 Å². The zero-order valence-corrected chi connectivity index (χ0v) is 16.6. The minimum absolute atomic E-state index is 0.118. The van der Waals surface area contributed by atoms with Gasteiger partial charge in [-0.1, -0.05) is 35.5 Å². The van der Waals surface area contributed by atoms with Gasteiger partial charge in [-0.05, 0) is 31.2 Å². The molecule has 4 aromatic rings. The van der Waals surface area contributed by atoms with Crippen molar-refractivity contribution in [2.45, 2.75) is 13.5 Å². The maximum atomic E-state index is 12.6. The number of carbonyl (C=O) groups excluding carboxylic acids is 1. The molecule has 2 aromatic carbocycles. The summed E-state index contributed by atoms with van der Waals surface area (Å²) in [6.45, 7) is 1.74. The van der Waals surface area contributed by atoms with Crippen molar-refractivity contribution in [1.29, 1.82) is 0 Å². The number of ether oxygens (including phenoxy) is 2. The monoisotopic (exact) mass is 407 g/mol. The van der Waals surface area contributed by atoms with Crippen LogP contribution in [0.2, 0.25) is 0 Å². The number of hydrogen-bond donors (Lipinski definition) is 0. The molecule has 0 saturated heterocycles. The summed E-state index contributed by atoms with van der Waals surface area (Å²) < 4.78 is 15.7. The average Bonchev–Trinajstić information content (AvgIpc) is 3.39. The van der Waals surface area contributed by atoms with Crippen LogP contribution in [-0.4, -0.2) is 28.2 Å². The highest BCUT2D eigenvalue weighted by Gasteiger charge is 2.20. The Hall–Kier alpha value is -3.52. The third-order valence-electron chi connectivity index (χ3n) is 4.11. The Morgan fingerprint density at radius 2 is 1.79 bits per heavy atom. The van der Waals surface area contributed by atoms with Gasteiger partial charge in [0.05, 0.1) is 17.8 Å². The topological polar surface area (TPSA) is 87.3 Å². The molecular weight excluding hydrogens is 390 g/mol. The number of aryl methyl sites for hydroxylation is 1. The van der Waals surface area contributed by atoms with Gasteiger partial charge < -0.3 is 14.0 Å².